The highest BCUT2D eigenvalue weighted by Gasteiger charge is 2.49. The summed E-state index contributed by atoms with van der Waals surface area (Å²) in [5.41, 5.74) is 3.14. The molecule has 6 nitrogen and oxygen atoms in total. The minimum atomic E-state index is -1.23. The van der Waals surface area contributed by atoms with E-state index in [-0.39, 0.29) is 6.54 Å². The topological polar surface area (TPSA) is 78.5 Å². The number of aryl methyl sites for hydroxylation is 3. The van der Waals surface area contributed by atoms with Gasteiger partial charge in [-0.1, -0.05) is 54.1 Å². The van der Waals surface area contributed by atoms with Crippen LogP contribution < -0.4 is 10.6 Å². The van der Waals surface area contributed by atoms with E-state index in [0.29, 0.717) is 11.3 Å². The van der Waals surface area contributed by atoms with Crippen LogP contribution in [0.15, 0.2) is 54.6 Å². The minimum absolute atomic E-state index is 0.347. The van der Waals surface area contributed by atoms with Gasteiger partial charge in [0.05, 0.1) is 0 Å². The molecule has 1 saturated heterocycles. The van der Waals surface area contributed by atoms with Crippen LogP contribution in [-0.2, 0) is 15.1 Å². The van der Waals surface area contributed by atoms with E-state index in [2.05, 4.69) is 10.6 Å². The van der Waals surface area contributed by atoms with Crippen molar-refractivity contribution in [1.82, 2.24) is 10.2 Å². The van der Waals surface area contributed by atoms with E-state index in [9.17, 15) is 14.4 Å². The summed E-state index contributed by atoms with van der Waals surface area (Å²) in [5, 5.41) is 7.64. The van der Waals surface area contributed by atoms with Crippen LogP contribution in [-0.4, -0.2) is 29.3 Å². The molecule has 0 aliphatic carbocycles. The van der Waals surface area contributed by atoms with Gasteiger partial charge in [-0.05, 0) is 61.2 Å². The third kappa shape index (κ3) is 3.65. The summed E-state index contributed by atoms with van der Waals surface area (Å²) in [6, 6.07) is 16.9. The summed E-state index contributed by atoms with van der Waals surface area (Å²) in [6.07, 6.45) is 0. The Hall–Kier alpha value is -3.67. The van der Waals surface area contributed by atoms with E-state index in [4.69, 9.17) is 0 Å². The monoisotopic (exact) mass is 415 g/mol. The third-order valence-electron chi connectivity index (χ3n) is 5.84. The summed E-state index contributed by atoms with van der Waals surface area (Å²) < 4.78 is 0. The first-order chi connectivity index (χ1) is 14.7. The molecule has 2 N–H and O–H groups in total. The molecule has 158 valence electrons. The van der Waals surface area contributed by atoms with Crippen molar-refractivity contribution in [2.24, 2.45) is 0 Å². The van der Waals surface area contributed by atoms with Crippen LogP contribution in [0.25, 0.3) is 10.8 Å². The molecule has 1 aliphatic heterocycles. The summed E-state index contributed by atoms with van der Waals surface area (Å²) in [6.45, 7) is 7.15. The normalized spacial score (nSPS) is 18.4. The predicted octanol–water partition coefficient (Wildman–Crippen LogP) is 4.17. The van der Waals surface area contributed by atoms with Gasteiger partial charge in [0.25, 0.3) is 5.91 Å². The number of hydrogen-bond acceptors (Lipinski definition) is 3. The molecule has 1 atom stereocenters. The van der Waals surface area contributed by atoms with Crippen molar-refractivity contribution >= 4 is 34.3 Å². The van der Waals surface area contributed by atoms with Gasteiger partial charge in [-0.25, -0.2) is 4.79 Å². The molecule has 4 rings (SSSR count). The van der Waals surface area contributed by atoms with Crippen molar-refractivity contribution in [3.8, 4) is 0 Å². The maximum atomic E-state index is 13.2. The van der Waals surface area contributed by atoms with Crippen molar-refractivity contribution in [1.29, 1.82) is 0 Å². The lowest BCUT2D eigenvalue weighted by Crippen LogP contribution is -2.42. The molecule has 0 aromatic heterocycles. The number of nitrogens with zero attached hydrogens (tertiary/aromatic N) is 1. The van der Waals surface area contributed by atoms with Crippen molar-refractivity contribution < 1.29 is 14.4 Å². The number of carbonyl (C=O) groups excluding carboxylic acids is 3. The number of fused-ring (bicyclic) bond motifs is 1. The van der Waals surface area contributed by atoms with E-state index < -0.39 is 23.4 Å². The Morgan fingerprint density at radius 1 is 0.968 bits per heavy atom. The molecule has 3 aromatic carbocycles. The van der Waals surface area contributed by atoms with Gasteiger partial charge in [0.1, 0.15) is 12.1 Å². The van der Waals surface area contributed by atoms with E-state index in [0.717, 1.165) is 32.4 Å². The average Bonchev–Trinajstić information content (AvgIpc) is 2.94. The fourth-order valence-electron chi connectivity index (χ4n) is 4.24. The average molecular weight is 415 g/mol. The molecule has 1 heterocycles. The fourth-order valence-corrected chi connectivity index (χ4v) is 4.24. The molecule has 1 unspecified atom stereocenters. The first kappa shape index (κ1) is 20.6. The quantitative estimate of drug-likeness (QED) is 0.628. The van der Waals surface area contributed by atoms with Crippen LogP contribution in [0.1, 0.15) is 29.2 Å². The van der Waals surface area contributed by atoms with Gasteiger partial charge in [0.15, 0.2) is 0 Å². The Kier molecular flexibility index (Phi) is 5.01. The summed E-state index contributed by atoms with van der Waals surface area (Å²) in [4.78, 5) is 39.5. The highest BCUT2D eigenvalue weighted by Crippen LogP contribution is 2.31. The number of amides is 4. The number of rotatable bonds is 4. The van der Waals surface area contributed by atoms with Crippen LogP contribution in [0.3, 0.4) is 0 Å². The second-order valence-corrected chi connectivity index (χ2v) is 8.33. The maximum Gasteiger partial charge on any atom is 0.325 e. The van der Waals surface area contributed by atoms with Crippen LogP contribution in [0.4, 0.5) is 10.5 Å². The van der Waals surface area contributed by atoms with Crippen LogP contribution in [0.2, 0.25) is 0 Å². The fraction of sp³-hybridized carbons (Fsp3) is 0.240. The van der Waals surface area contributed by atoms with Crippen LogP contribution in [0.5, 0.6) is 0 Å². The molecule has 1 fully saturated rings. The maximum absolute atomic E-state index is 13.2. The van der Waals surface area contributed by atoms with Gasteiger partial charge >= 0.3 is 6.03 Å². The lowest BCUT2D eigenvalue weighted by Gasteiger charge is -2.22. The zero-order chi connectivity index (χ0) is 22.3. The zero-order valence-corrected chi connectivity index (χ0v) is 18.1. The number of hydrogen-bond donors (Lipinski definition) is 2. The Labute approximate surface area is 181 Å². The Morgan fingerprint density at radius 2 is 1.61 bits per heavy atom. The number of carbonyl (C=O) groups is 3. The van der Waals surface area contributed by atoms with Gasteiger partial charge in [0, 0.05) is 5.69 Å². The lowest BCUT2D eigenvalue weighted by atomic mass is 9.90. The molecule has 0 bridgehead atoms. The molecule has 0 spiro atoms. The molecule has 0 saturated carbocycles. The van der Waals surface area contributed by atoms with E-state index in [1.54, 1.807) is 6.92 Å². The van der Waals surface area contributed by atoms with Gasteiger partial charge in [-0.15, -0.1) is 0 Å². The highest BCUT2D eigenvalue weighted by atomic mass is 16.2. The van der Waals surface area contributed by atoms with Crippen LogP contribution >= 0.6 is 0 Å². The predicted molar refractivity (Wildman–Crippen MR) is 121 cm³/mol. The molecule has 3 aromatic rings. The molecule has 0 radical (unpaired) electrons. The van der Waals surface area contributed by atoms with Gasteiger partial charge in [-0.2, -0.15) is 0 Å². The number of anilines is 1. The van der Waals surface area contributed by atoms with E-state index in [1.807, 2.05) is 75.4 Å². The van der Waals surface area contributed by atoms with Crippen LogP contribution in [0, 0.1) is 20.8 Å². The Morgan fingerprint density at radius 3 is 2.29 bits per heavy atom. The summed E-state index contributed by atoms with van der Waals surface area (Å²) in [5.74, 6) is -0.860. The first-order valence-corrected chi connectivity index (χ1v) is 10.2. The molecule has 6 heteroatoms. The van der Waals surface area contributed by atoms with Crippen molar-refractivity contribution in [2.45, 2.75) is 33.2 Å². The highest BCUT2D eigenvalue weighted by molar-refractivity contribution is 6.10. The third-order valence-corrected chi connectivity index (χ3v) is 5.84. The Balaban J connectivity index is 1.56. The molecule has 1 aliphatic rings. The first-order valence-electron chi connectivity index (χ1n) is 10.2. The standard InChI is InChI=1S/C25H25N3O3/c1-15-11-16(2)22(17(3)12-15)26-21(29)14-28-23(30)25(4,27-24(28)31)20-10-9-18-7-5-6-8-19(18)13-20/h5-13H,14H2,1-4H3,(H,26,29)(H,27,31). The molecule has 4 amide bonds. The second-order valence-electron chi connectivity index (χ2n) is 8.33. The van der Waals surface area contributed by atoms with Crippen molar-refractivity contribution in [2.75, 3.05) is 11.9 Å². The number of imide groups is 1. The smallest absolute Gasteiger partial charge is 0.324 e. The van der Waals surface area contributed by atoms with Gasteiger partial charge < -0.3 is 10.6 Å². The summed E-state index contributed by atoms with van der Waals surface area (Å²) >= 11 is 0. The number of urea groups is 1. The molecule has 31 heavy (non-hydrogen) atoms. The SMILES string of the molecule is Cc1cc(C)c(NC(=O)CN2C(=O)NC(C)(c3ccc4ccccc4c3)C2=O)c(C)c1. The molecular weight excluding hydrogens is 390 g/mol. The van der Waals surface area contributed by atoms with E-state index >= 15 is 0 Å². The largest absolute Gasteiger partial charge is 0.325 e. The molecular formula is C25H25N3O3. The van der Waals surface area contributed by atoms with Crippen molar-refractivity contribution in [3.63, 3.8) is 0 Å². The second kappa shape index (κ2) is 7.54. The zero-order valence-electron chi connectivity index (χ0n) is 18.1. The van der Waals surface area contributed by atoms with E-state index in [1.165, 1.54) is 0 Å². The lowest BCUT2D eigenvalue weighted by molar-refractivity contribution is -0.133. The van der Waals surface area contributed by atoms with Gasteiger partial charge in [0.2, 0.25) is 5.91 Å². The number of benzene rings is 3. The van der Waals surface area contributed by atoms with Gasteiger partial charge in [-0.3, -0.25) is 14.5 Å². The Bertz CT molecular complexity index is 1210. The number of nitrogens with one attached hydrogen (secondary N) is 2. The minimum Gasteiger partial charge on any atom is -0.324 e. The summed E-state index contributed by atoms with van der Waals surface area (Å²) in [7, 11) is 0. The van der Waals surface area contributed by atoms with Crippen molar-refractivity contribution in [3.05, 3.63) is 76.9 Å².